The van der Waals surface area contributed by atoms with Crippen LogP contribution in [0.4, 0.5) is 0 Å². The fraction of sp³-hybridized carbons (Fsp3) is 0.474. The van der Waals surface area contributed by atoms with Crippen molar-refractivity contribution < 1.29 is 13.9 Å². The van der Waals surface area contributed by atoms with E-state index in [-0.39, 0.29) is 0 Å². The molecule has 5 nitrogen and oxygen atoms in total. The van der Waals surface area contributed by atoms with Crippen LogP contribution in [0, 0.1) is 0 Å². The number of ether oxygens (including phenoxy) is 2. The van der Waals surface area contributed by atoms with Gasteiger partial charge in [-0.25, -0.2) is 0 Å². The van der Waals surface area contributed by atoms with E-state index in [9.17, 15) is 0 Å². The summed E-state index contributed by atoms with van der Waals surface area (Å²) in [5.74, 6) is 2.74. The Balaban J connectivity index is 1.38. The minimum Gasteiger partial charge on any atom is -0.486 e. The van der Waals surface area contributed by atoms with E-state index >= 15 is 0 Å². The number of rotatable bonds is 6. The van der Waals surface area contributed by atoms with Gasteiger partial charge in [0.25, 0.3) is 0 Å². The summed E-state index contributed by atoms with van der Waals surface area (Å²) in [6.45, 7) is 5.24. The Morgan fingerprint density at radius 3 is 2.67 bits per heavy atom. The van der Waals surface area contributed by atoms with Gasteiger partial charge in [-0.3, -0.25) is 4.90 Å². The Labute approximate surface area is 142 Å². The maximum atomic E-state index is 5.67. The standard InChI is InChI=1S/C19H24N2O3/c1-2-8-21(7-1)16(17-4-3-9-22-17)14-20-13-15-5-6-18-19(12-15)24-11-10-23-18/h3-6,9,12,16,20H,1-2,7-8,10-11,13-14H2. The van der Waals surface area contributed by atoms with E-state index in [1.165, 1.54) is 18.4 Å². The van der Waals surface area contributed by atoms with E-state index in [0.29, 0.717) is 19.3 Å². The third-order valence-electron chi connectivity index (χ3n) is 4.73. The Morgan fingerprint density at radius 1 is 1.04 bits per heavy atom. The van der Waals surface area contributed by atoms with Crippen molar-refractivity contribution in [3.05, 3.63) is 47.9 Å². The van der Waals surface area contributed by atoms with E-state index in [4.69, 9.17) is 13.9 Å². The third kappa shape index (κ3) is 3.42. The molecule has 2 aliphatic rings. The first-order valence-corrected chi connectivity index (χ1v) is 8.77. The van der Waals surface area contributed by atoms with Crippen LogP contribution in [-0.2, 0) is 6.54 Å². The van der Waals surface area contributed by atoms with E-state index in [2.05, 4.69) is 28.4 Å². The predicted molar refractivity (Wildman–Crippen MR) is 91.4 cm³/mol. The monoisotopic (exact) mass is 328 g/mol. The Bertz CT molecular complexity index is 651. The van der Waals surface area contributed by atoms with Crippen LogP contribution in [0.3, 0.4) is 0 Å². The topological polar surface area (TPSA) is 46.9 Å². The molecular formula is C19H24N2O3. The molecule has 0 saturated carbocycles. The summed E-state index contributed by atoms with van der Waals surface area (Å²) in [5, 5.41) is 3.58. The molecule has 1 atom stereocenters. The van der Waals surface area contributed by atoms with Crippen molar-refractivity contribution in [2.75, 3.05) is 32.8 Å². The van der Waals surface area contributed by atoms with E-state index in [1.54, 1.807) is 6.26 Å². The SMILES string of the molecule is c1coc(C(CNCc2ccc3c(c2)OCCO3)N2CCCC2)c1. The average Bonchev–Trinajstić information content (AvgIpc) is 3.32. The van der Waals surface area contributed by atoms with Crippen LogP contribution in [0.5, 0.6) is 11.5 Å². The Morgan fingerprint density at radius 2 is 1.88 bits per heavy atom. The fourth-order valence-corrected chi connectivity index (χ4v) is 3.49. The second-order valence-corrected chi connectivity index (χ2v) is 6.38. The molecule has 3 heterocycles. The van der Waals surface area contributed by atoms with Crippen LogP contribution in [0.15, 0.2) is 41.0 Å². The lowest BCUT2D eigenvalue weighted by Gasteiger charge is -2.26. The number of fused-ring (bicyclic) bond motifs is 1. The van der Waals surface area contributed by atoms with Gasteiger partial charge in [-0.05, 0) is 55.8 Å². The summed E-state index contributed by atoms with van der Waals surface area (Å²) in [6.07, 6.45) is 4.32. The zero-order chi connectivity index (χ0) is 16.2. The highest BCUT2D eigenvalue weighted by Gasteiger charge is 2.25. The molecule has 24 heavy (non-hydrogen) atoms. The summed E-state index contributed by atoms with van der Waals surface area (Å²) >= 11 is 0. The maximum Gasteiger partial charge on any atom is 0.161 e. The van der Waals surface area contributed by atoms with Gasteiger partial charge in [0.05, 0.1) is 12.3 Å². The second kappa shape index (κ2) is 7.28. The van der Waals surface area contributed by atoms with Gasteiger partial charge < -0.3 is 19.2 Å². The Hall–Kier alpha value is -1.98. The molecule has 2 aliphatic heterocycles. The van der Waals surface area contributed by atoms with Crippen LogP contribution in [0.2, 0.25) is 0 Å². The fourth-order valence-electron chi connectivity index (χ4n) is 3.49. The van der Waals surface area contributed by atoms with Crippen molar-refractivity contribution >= 4 is 0 Å². The second-order valence-electron chi connectivity index (χ2n) is 6.38. The van der Waals surface area contributed by atoms with Gasteiger partial charge in [0.1, 0.15) is 19.0 Å². The van der Waals surface area contributed by atoms with Crippen LogP contribution in [0.25, 0.3) is 0 Å². The number of benzene rings is 1. The molecule has 1 saturated heterocycles. The van der Waals surface area contributed by atoms with E-state index in [0.717, 1.165) is 43.4 Å². The number of nitrogens with one attached hydrogen (secondary N) is 1. The first kappa shape index (κ1) is 15.5. The van der Waals surface area contributed by atoms with Crippen molar-refractivity contribution in [1.82, 2.24) is 10.2 Å². The van der Waals surface area contributed by atoms with Crippen molar-refractivity contribution in [3.8, 4) is 11.5 Å². The molecule has 0 aliphatic carbocycles. The Kier molecular flexibility index (Phi) is 4.71. The molecule has 0 radical (unpaired) electrons. The summed E-state index contributed by atoms with van der Waals surface area (Å²) in [4.78, 5) is 2.51. The number of likely N-dealkylation sites (tertiary alicyclic amines) is 1. The molecule has 1 aromatic carbocycles. The van der Waals surface area contributed by atoms with Gasteiger partial charge >= 0.3 is 0 Å². The van der Waals surface area contributed by atoms with Gasteiger partial charge in [-0.1, -0.05) is 6.07 Å². The summed E-state index contributed by atoms with van der Waals surface area (Å²) in [6, 6.07) is 10.5. The first-order chi connectivity index (χ1) is 11.9. The van der Waals surface area contributed by atoms with Crippen LogP contribution < -0.4 is 14.8 Å². The summed E-state index contributed by atoms with van der Waals surface area (Å²) in [5.41, 5.74) is 1.21. The molecule has 0 spiro atoms. The number of furan rings is 1. The van der Waals surface area contributed by atoms with E-state index < -0.39 is 0 Å². The molecule has 5 heteroatoms. The van der Waals surface area contributed by atoms with Crippen molar-refractivity contribution in [2.45, 2.75) is 25.4 Å². The van der Waals surface area contributed by atoms with Crippen molar-refractivity contribution in [1.29, 1.82) is 0 Å². The molecule has 0 bridgehead atoms. The minimum atomic E-state index is 0.305. The van der Waals surface area contributed by atoms with E-state index in [1.807, 2.05) is 12.1 Å². The largest absolute Gasteiger partial charge is 0.486 e. The normalized spacial score (nSPS) is 18.7. The molecule has 0 amide bonds. The quantitative estimate of drug-likeness (QED) is 0.883. The number of hydrogen-bond acceptors (Lipinski definition) is 5. The molecular weight excluding hydrogens is 304 g/mol. The molecule has 1 aromatic heterocycles. The van der Waals surface area contributed by atoms with Crippen LogP contribution in [0.1, 0.15) is 30.2 Å². The molecule has 4 rings (SSSR count). The number of hydrogen-bond donors (Lipinski definition) is 1. The summed E-state index contributed by atoms with van der Waals surface area (Å²) in [7, 11) is 0. The highest BCUT2D eigenvalue weighted by molar-refractivity contribution is 5.43. The van der Waals surface area contributed by atoms with Crippen molar-refractivity contribution in [2.24, 2.45) is 0 Å². The minimum absolute atomic E-state index is 0.305. The van der Waals surface area contributed by atoms with Gasteiger partial charge in [0, 0.05) is 13.1 Å². The molecule has 2 aromatic rings. The lowest BCUT2D eigenvalue weighted by molar-refractivity contribution is 0.171. The van der Waals surface area contributed by atoms with Gasteiger partial charge in [0.2, 0.25) is 0 Å². The highest BCUT2D eigenvalue weighted by Crippen LogP contribution is 2.31. The lowest BCUT2D eigenvalue weighted by atomic mass is 10.1. The molecule has 1 fully saturated rings. The maximum absolute atomic E-state index is 5.67. The predicted octanol–water partition coefficient (Wildman–Crippen LogP) is 2.98. The van der Waals surface area contributed by atoms with Crippen molar-refractivity contribution in [3.63, 3.8) is 0 Å². The van der Waals surface area contributed by atoms with Crippen LogP contribution >= 0.6 is 0 Å². The van der Waals surface area contributed by atoms with Gasteiger partial charge in [-0.2, -0.15) is 0 Å². The lowest BCUT2D eigenvalue weighted by Crippen LogP contribution is -2.33. The molecule has 128 valence electrons. The molecule has 1 unspecified atom stereocenters. The zero-order valence-corrected chi connectivity index (χ0v) is 13.9. The first-order valence-electron chi connectivity index (χ1n) is 8.77. The van der Waals surface area contributed by atoms with Gasteiger partial charge in [-0.15, -0.1) is 0 Å². The molecule has 1 N–H and O–H groups in total. The zero-order valence-electron chi connectivity index (χ0n) is 13.9. The smallest absolute Gasteiger partial charge is 0.161 e. The van der Waals surface area contributed by atoms with Gasteiger partial charge in [0.15, 0.2) is 11.5 Å². The number of nitrogens with zero attached hydrogens (tertiary/aromatic N) is 1. The average molecular weight is 328 g/mol. The van der Waals surface area contributed by atoms with Crippen LogP contribution in [-0.4, -0.2) is 37.7 Å². The third-order valence-corrected chi connectivity index (χ3v) is 4.73. The summed E-state index contributed by atoms with van der Waals surface area (Å²) < 4.78 is 16.9. The highest BCUT2D eigenvalue weighted by atomic mass is 16.6.